The Morgan fingerprint density at radius 3 is 2.26 bits per heavy atom. The number of anilines is 1. The maximum atomic E-state index is 12.6. The second-order valence-electron chi connectivity index (χ2n) is 7.72. The molecule has 0 unspecified atom stereocenters. The van der Waals surface area contributed by atoms with Crippen LogP contribution in [-0.2, 0) is 19.6 Å². The van der Waals surface area contributed by atoms with Crippen LogP contribution in [0.5, 0.6) is 0 Å². The minimum Gasteiger partial charge on any atom is -0.452 e. The van der Waals surface area contributed by atoms with Gasteiger partial charge in [0.15, 0.2) is 6.61 Å². The van der Waals surface area contributed by atoms with Crippen molar-refractivity contribution < 1.29 is 22.7 Å². The summed E-state index contributed by atoms with van der Waals surface area (Å²) in [7, 11) is -3.88. The molecule has 0 fully saturated rings. The summed E-state index contributed by atoms with van der Waals surface area (Å²) in [6.07, 6.45) is 0. The molecule has 1 heterocycles. The van der Waals surface area contributed by atoms with Crippen molar-refractivity contribution in [1.29, 1.82) is 0 Å². The minimum absolute atomic E-state index is 0.0844. The number of primary sulfonamides is 1. The molecule has 4 rings (SSSR count). The van der Waals surface area contributed by atoms with Crippen molar-refractivity contribution in [3.05, 3.63) is 96.1 Å². The number of benzene rings is 3. The number of hydrogen-bond acceptors (Lipinski definition) is 6. The van der Waals surface area contributed by atoms with Gasteiger partial charge < -0.3 is 10.1 Å². The predicted octanol–water partition coefficient (Wildman–Crippen LogP) is 3.29. The number of aryl methyl sites for hydroxylation is 1. The van der Waals surface area contributed by atoms with Crippen molar-refractivity contribution in [1.82, 2.24) is 9.78 Å². The van der Waals surface area contributed by atoms with Crippen molar-refractivity contribution in [3.63, 3.8) is 0 Å². The molecular formula is C25H22N4O5S. The standard InChI is InChI=1S/C25H22N4O5S/c1-17-7-9-18(10-8-17)22-15-23(29(28-22)20-5-3-2-4-6-20)27-24(30)16-34-25(31)19-11-13-21(14-12-19)35(26,32)33/h2-15H,16H2,1H3,(H,27,30)(H2,26,32,33). The second kappa shape index (κ2) is 9.92. The normalized spacial score (nSPS) is 11.1. The van der Waals surface area contributed by atoms with Crippen LogP contribution in [0.15, 0.2) is 89.8 Å². The van der Waals surface area contributed by atoms with E-state index in [1.54, 1.807) is 10.7 Å². The van der Waals surface area contributed by atoms with Crippen LogP contribution >= 0.6 is 0 Å². The van der Waals surface area contributed by atoms with Crippen LogP contribution in [0, 0.1) is 6.92 Å². The Labute approximate surface area is 202 Å². The van der Waals surface area contributed by atoms with Gasteiger partial charge in [-0.15, -0.1) is 0 Å². The maximum Gasteiger partial charge on any atom is 0.338 e. The first kappa shape index (κ1) is 23.9. The van der Waals surface area contributed by atoms with Crippen LogP contribution in [0.25, 0.3) is 16.9 Å². The second-order valence-corrected chi connectivity index (χ2v) is 9.28. The summed E-state index contributed by atoms with van der Waals surface area (Å²) in [5.74, 6) is -0.935. The molecule has 0 spiro atoms. The molecule has 0 saturated heterocycles. The molecule has 3 N–H and O–H groups in total. The summed E-state index contributed by atoms with van der Waals surface area (Å²) in [4.78, 5) is 24.7. The Kier molecular flexibility index (Phi) is 6.76. The van der Waals surface area contributed by atoms with Gasteiger partial charge in [-0.05, 0) is 43.3 Å². The van der Waals surface area contributed by atoms with Crippen molar-refractivity contribution >= 4 is 27.7 Å². The molecule has 0 aliphatic carbocycles. The zero-order valence-corrected chi connectivity index (χ0v) is 19.5. The molecule has 10 heteroatoms. The first-order valence-electron chi connectivity index (χ1n) is 10.5. The van der Waals surface area contributed by atoms with Crippen LogP contribution in [0.3, 0.4) is 0 Å². The molecule has 0 radical (unpaired) electrons. The van der Waals surface area contributed by atoms with Gasteiger partial charge in [-0.1, -0.05) is 48.0 Å². The van der Waals surface area contributed by atoms with Gasteiger partial charge in [-0.3, -0.25) is 4.79 Å². The van der Waals surface area contributed by atoms with Crippen molar-refractivity contribution in [2.24, 2.45) is 5.14 Å². The number of rotatable bonds is 7. The lowest BCUT2D eigenvalue weighted by Gasteiger charge is -2.09. The lowest BCUT2D eigenvalue weighted by molar-refractivity contribution is -0.119. The average Bonchev–Trinajstić information content (AvgIpc) is 3.26. The van der Waals surface area contributed by atoms with E-state index in [1.807, 2.05) is 61.5 Å². The minimum atomic E-state index is -3.88. The molecule has 0 saturated carbocycles. The third-order valence-corrected chi connectivity index (χ3v) is 6.01. The summed E-state index contributed by atoms with van der Waals surface area (Å²) < 4.78 is 29.4. The number of nitrogens with zero attached hydrogens (tertiary/aromatic N) is 2. The molecule has 1 amide bonds. The van der Waals surface area contributed by atoms with Gasteiger partial charge in [0.1, 0.15) is 5.82 Å². The highest BCUT2D eigenvalue weighted by Gasteiger charge is 2.16. The molecule has 0 aliphatic rings. The summed E-state index contributed by atoms with van der Waals surface area (Å²) in [5, 5.41) is 12.4. The number of esters is 1. The summed E-state index contributed by atoms with van der Waals surface area (Å²) in [5.41, 5.74) is 3.49. The smallest absolute Gasteiger partial charge is 0.338 e. The monoisotopic (exact) mass is 490 g/mol. The zero-order valence-electron chi connectivity index (χ0n) is 18.7. The first-order valence-corrected chi connectivity index (χ1v) is 12.1. The maximum absolute atomic E-state index is 12.6. The number of hydrogen-bond donors (Lipinski definition) is 2. The Morgan fingerprint density at radius 1 is 0.971 bits per heavy atom. The van der Waals surface area contributed by atoms with Crippen molar-refractivity contribution in [3.8, 4) is 16.9 Å². The molecule has 35 heavy (non-hydrogen) atoms. The molecule has 0 bridgehead atoms. The number of sulfonamides is 1. The van der Waals surface area contributed by atoms with Gasteiger partial charge in [0.25, 0.3) is 5.91 Å². The predicted molar refractivity (Wildman–Crippen MR) is 130 cm³/mol. The lowest BCUT2D eigenvalue weighted by Crippen LogP contribution is -2.22. The van der Waals surface area contributed by atoms with E-state index in [-0.39, 0.29) is 10.5 Å². The van der Waals surface area contributed by atoms with E-state index >= 15 is 0 Å². The van der Waals surface area contributed by atoms with Crippen LogP contribution in [0.2, 0.25) is 0 Å². The van der Waals surface area contributed by atoms with Gasteiger partial charge in [-0.2, -0.15) is 5.10 Å². The van der Waals surface area contributed by atoms with Gasteiger partial charge >= 0.3 is 5.97 Å². The number of nitrogens with two attached hydrogens (primary N) is 1. The molecule has 0 atom stereocenters. The number of amides is 1. The van der Waals surface area contributed by atoms with E-state index in [9.17, 15) is 18.0 Å². The van der Waals surface area contributed by atoms with Crippen LogP contribution in [-0.4, -0.2) is 36.7 Å². The van der Waals surface area contributed by atoms with E-state index in [2.05, 4.69) is 10.4 Å². The SMILES string of the molecule is Cc1ccc(-c2cc(NC(=O)COC(=O)c3ccc(S(N)(=O)=O)cc3)n(-c3ccccc3)n2)cc1. The third-order valence-electron chi connectivity index (χ3n) is 5.08. The summed E-state index contributed by atoms with van der Waals surface area (Å²) in [6.45, 7) is 1.45. The third kappa shape index (κ3) is 5.81. The molecule has 4 aromatic rings. The van der Waals surface area contributed by atoms with Gasteiger partial charge in [-0.25, -0.2) is 23.0 Å². The molecule has 1 aromatic heterocycles. The Balaban J connectivity index is 1.49. The Morgan fingerprint density at radius 2 is 1.63 bits per heavy atom. The van der Waals surface area contributed by atoms with Gasteiger partial charge in [0, 0.05) is 11.6 Å². The van der Waals surface area contributed by atoms with E-state index in [4.69, 9.17) is 9.88 Å². The van der Waals surface area contributed by atoms with Crippen LogP contribution < -0.4 is 10.5 Å². The van der Waals surface area contributed by atoms with Gasteiger partial charge in [0.2, 0.25) is 10.0 Å². The van der Waals surface area contributed by atoms with Crippen molar-refractivity contribution in [2.45, 2.75) is 11.8 Å². The molecule has 0 aliphatic heterocycles. The first-order chi connectivity index (χ1) is 16.7. The number of para-hydroxylation sites is 1. The van der Waals surface area contributed by atoms with E-state index in [0.29, 0.717) is 11.5 Å². The Bertz CT molecular complexity index is 1460. The highest BCUT2D eigenvalue weighted by atomic mass is 32.2. The number of carbonyl (C=O) groups excluding carboxylic acids is 2. The van der Waals surface area contributed by atoms with E-state index < -0.39 is 28.5 Å². The average molecular weight is 491 g/mol. The molecular weight excluding hydrogens is 468 g/mol. The van der Waals surface area contributed by atoms with E-state index in [1.165, 1.54) is 24.3 Å². The number of ether oxygens (including phenoxy) is 1. The number of aromatic nitrogens is 2. The van der Waals surface area contributed by atoms with E-state index in [0.717, 1.165) is 16.8 Å². The Hall–Kier alpha value is -4.28. The lowest BCUT2D eigenvalue weighted by atomic mass is 10.1. The highest BCUT2D eigenvalue weighted by molar-refractivity contribution is 7.89. The summed E-state index contributed by atoms with van der Waals surface area (Å²) >= 11 is 0. The number of nitrogens with one attached hydrogen (secondary N) is 1. The molecule has 9 nitrogen and oxygen atoms in total. The fourth-order valence-corrected chi connectivity index (χ4v) is 3.79. The topological polar surface area (TPSA) is 133 Å². The molecule has 178 valence electrons. The van der Waals surface area contributed by atoms with Gasteiger partial charge in [0.05, 0.1) is 21.8 Å². The quantitative estimate of drug-likeness (QED) is 0.382. The summed E-state index contributed by atoms with van der Waals surface area (Å²) in [6, 6.07) is 23.8. The van der Waals surface area contributed by atoms with Crippen LogP contribution in [0.4, 0.5) is 5.82 Å². The number of carbonyl (C=O) groups is 2. The fraction of sp³-hybridized carbons (Fsp3) is 0.0800. The highest BCUT2D eigenvalue weighted by Crippen LogP contribution is 2.25. The van der Waals surface area contributed by atoms with Crippen LogP contribution in [0.1, 0.15) is 15.9 Å². The zero-order chi connectivity index (χ0) is 25.0. The largest absolute Gasteiger partial charge is 0.452 e. The van der Waals surface area contributed by atoms with Crippen molar-refractivity contribution in [2.75, 3.05) is 11.9 Å². The molecule has 3 aromatic carbocycles. The fourth-order valence-electron chi connectivity index (χ4n) is 3.28.